The third-order valence-corrected chi connectivity index (χ3v) is 7.13. The Morgan fingerprint density at radius 1 is 1.33 bits per heavy atom. The van der Waals surface area contributed by atoms with Crippen LogP contribution in [-0.2, 0) is 19.6 Å². The lowest BCUT2D eigenvalue weighted by Gasteiger charge is -2.28. The first-order chi connectivity index (χ1) is 12.7. The minimum Gasteiger partial charge on any atom is -0.346 e. The molecule has 0 bridgehead atoms. The Labute approximate surface area is 161 Å². The maximum Gasteiger partial charge on any atom is 0.282 e. The fraction of sp³-hybridized carbons (Fsp3) is 0.556. The van der Waals surface area contributed by atoms with Crippen LogP contribution in [0.15, 0.2) is 23.1 Å². The van der Waals surface area contributed by atoms with Crippen molar-refractivity contribution in [3.8, 4) is 0 Å². The van der Waals surface area contributed by atoms with Crippen molar-refractivity contribution in [2.75, 3.05) is 38.0 Å². The molecule has 1 saturated heterocycles. The van der Waals surface area contributed by atoms with E-state index in [0.717, 1.165) is 4.90 Å². The van der Waals surface area contributed by atoms with Gasteiger partial charge in [0.1, 0.15) is 0 Å². The van der Waals surface area contributed by atoms with Crippen LogP contribution in [0.4, 0.5) is 5.69 Å². The number of hydrogen-bond donors (Lipinski definition) is 3. The van der Waals surface area contributed by atoms with E-state index < -0.39 is 16.1 Å². The summed E-state index contributed by atoms with van der Waals surface area (Å²) in [6, 6.07) is 4.48. The Balaban J connectivity index is 2.20. The zero-order valence-electron chi connectivity index (χ0n) is 16.3. The van der Waals surface area contributed by atoms with E-state index in [0.29, 0.717) is 37.4 Å². The number of carbonyl (C=O) groups excluding carboxylic acids is 2. The van der Waals surface area contributed by atoms with Crippen molar-refractivity contribution in [3.05, 3.63) is 23.8 Å². The van der Waals surface area contributed by atoms with E-state index in [-0.39, 0.29) is 23.3 Å². The zero-order chi connectivity index (χ0) is 20.2. The van der Waals surface area contributed by atoms with Crippen molar-refractivity contribution >= 4 is 27.5 Å². The molecule has 1 fully saturated rings. The minimum absolute atomic E-state index is 0.0705. The molecule has 150 valence electrons. The van der Waals surface area contributed by atoms with Gasteiger partial charge in [-0.1, -0.05) is 19.9 Å². The van der Waals surface area contributed by atoms with Gasteiger partial charge in [0.05, 0.1) is 18.0 Å². The number of sulfonamides is 1. The molecule has 8 nitrogen and oxygen atoms in total. The van der Waals surface area contributed by atoms with E-state index in [4.69, 9.17) is 0 Å². The van der Waals surface area contributed by atoms with E-state index in [2.05, 4.69) is 10.6 Å². The van der Waals surface area contributed by atoms with Crippen LogP contribution in [-0.4, -0.2) is 63.3 Å². The van der Waals surface area contributed by atoms with Gasteiger partial charge >= 0.3 is 0 Å². The van der Waals surface area contributed by atoms with Gasteiger partial charge < -0.3 is 15.5 Å². The number of rotatable bonds is 7. The monoisotopic (exact) mass is 397 g/mol. The van der Waals surface area contributed by atoms with Crippen molar-refractivity contribution in [1.29, 1.82) is 0 Å². The Kier molecular flexibility index (Phi) is 6.96. The lowest BCUT2D eigenvalue weighted by Crippen LogP contribution is -3.19. The summed E-state index contributed by atoms with van der Waals surface area (Å²) in [5, 5.41) is 5.54. The quantitative estimate of drug-likeness (QED) is 0.570. The van der Waals surface area contributed by atoms with Crippen molar-refractivity contribution in [3.63, 3.8) is 0 Å². The van der Waals surface area contributed by atoms with Crippen molar-refractivity contribution < 1.29 is 22.9 Å². The first-order valence-corrected chi connectivity index (χ1v) is 10.7. The van der Waals surface area contributed by atoms with Crippen molar-refractivity contribution in [2.45, 2.75) is 38.6 Å². The van der Waals surface area contributed by atoms with Crippen LogP contribution in [0.3, 0.4) is 0 Å². The summed E-state index contributed by atoms with van der Waals surface area (Å²) in [4.78, 5) is 25.2. The van der Waals surface area contributed by atoms with Crippen molar-refractivity contribution in [1.82, 2.24) is 9.62 Å². The second-order valence-corrected chi connectivity index (χ2v) is 8.62. The SMILES string of the molecule is CCN(CC)S(=O)(=O)c1cc(NC(=O)[C@H](C)[NH+]2CCNC(=O)C2)ccc1C. The largest absolute Gasteiger partial charge is 0.346 e. The molecule has 0 radical (unpaired) electrons. The minimum atomic E-state index is -3.61. The number of carbonyl (C=O) groups is 2. The normalized spacial score (nSPS) is 18.9. The van der Waals surface area contributed by atoms with E-state index in [1.165, 1.54) is 10.4 Å². The van der Waals surface area contributed by atoms with Gasteiger partial charge in [0.15, 0.2) is 12.6 Å². The number of piperazine rings is 1. The van der Waals surface area contributed by atoms with E-state index >= 15 is 0 Å². The number of anilines is 1. The van der Waals surface area contributed by atoms with Gasteiger partial charge in [-0.25, -0.2) is 8.42 Å². The molecular weight excluding hydrogens is 368 g/mol. The molecule has 1 aliphatic heterocycles. The van der Waals surface area contributed by atoms with Crippen LogP contribution in [0.25, 0.3) is 0 Å². The number of hydrogen-bond acceptors (Lipinski definition) is 4. The molecule has 1 aliphatic rings. The molecular formula is C18H29N4O4S+. The fourth-order valence-electron chi connectivity index (χ4n) is 3.18. The predicted octanol–water partition coefficient (Wildman–Crippen LogP) is -0.633. The Morgan fingerprint density at radius 3 is 2.59 bits per heavy atom. The molecule has 1 heterocycles. The van der Waals surface area contributed by atoms with E-state index in [1.54, 1.807) is 39.8 Å². The summed E-state index contributed by atoms with van der Waals surface area (Å²) < 4.78 is 27.1. The van der Waals surface area contributed by atoms with Crippen LogP contribution in [0.1, 0.15) is 26.3 Å². The van der Waals surface area contributed by atoms with Gasteiger partial charge in [-0.3, -0.25) is 9.59 Å². The third-order valence-electron chi connectivity index (χ3n) is 4.94. The van der Waals surface area contributed by atoms with Crippen LogP contribution >= 0.6 is 0 Å². The molecule has 2 rings (SSSR count). The molecule has 3 N–H and O–H groups in total. The summed E-state index contributed by atoms with van der Waals surface area (Å²) in [6.45, 7) is 9.33. The zero-order valence-corrected chi connectivity index (χ0v) is 17.1. The second-order valence-electron chi connectivity index (χ2n) is 6.72. The predicted molar refractivity (Wildman–Crippen MR) is 103 cm³/mol. The summed E-state index contributed by atoms with van der Waals surface area (Å²) in [6.07, 6.45) is 0. The standard InChI is InChI=1S/C18H28N4O4S/c1-5-22(6-2)27(25,26)16-11-15(8-7-13(16)3)20-18(24)14(4)21-10-9-19-17(23)12-21/h7-8,11,14H,5-6,9-10,12H2,1-4H3,(H,19,23)(H,20,24)/p+1/t14-/m0/s1. The lowest BCUT2D eigenvalue weighted by atomic mass is 10.2. The van der Waals surface area contributed by atoms with Crippen molar-refractivity contribution in [2.24, 2.45) is 0 Å². The molecule has 27 heavy (non-hydrogen) atoms. The van der Waals surface area contributed by atoms with Crippen LogP contribution in [0.2, 0.25) is 0 Å². The maximum absolute atomic E-state index is 12.8. The first kappa shape index (κ1) is 21.3. The molecule has 1 aromatic carbocycles. The number of quaternary nitrogens is 1. The Bertz CT molecular complexity index is 806. The smallest absolute Gasteiger partial charge is 0.282 e. The molecule has 1 unspecified atom stereocenters. The number of aryl methyl sites for hydroxylation is 1. The van der Waals surface area contributed by atoms with Gasteiger partial charge in [0.25, 0.3) is 11.8 Å². The number of nitrogens with zero attached hydrogens (tertiary/aromatic N) is 1. The molecule has 0 aromatic heterocycles. The number of nitrogens with one attached hydrogen (secondary N) is 3. The Hall–Kier alpha value is -1.97. The number of benzene rings is 1. The van der Waals surface area contributed by atoms with Gasteiger partial charge in [-0.2, -0.15) is 4.31 Å². The molecule has 0 saturated carbocycles. The number of amides is 2. The summed E-state index contributed by atoms with van der Waals surface area (Å²) in [5.74, 6) is -0.312. The summed E-state index contributed by atoms with van der Waals surface area (Å²) in [7, 11) is -3.61. The average Bonchev–Trinajstić information content (AvgIpc) is 2.63. The van der Waals surface area contributed by atoms with Crippen LogP contribution in [0, 0.1) is 6.92 Å². The van der Waals surface area contributed by atoms with Gasteiger partial charge in [0, 0.05) is 18.8 Å². The third kappa shape index (κ3) is 4.85. The highest BCUT2D eigenvalue weighted by atomic mass is 32.2. The molecule has 2 atom stereocenters. The van der Waals surface area contributed by atoms with Crippen LogP contribution < -0.4 is 15.5 Å². The van der Waals surface area contributed by atoms with E-state index in [1.807, 2.05) is 0 Å². The summed E-state index contributed by atoms with van der Waals surface area (Å²) >= 11 is 0. The fourth-order valence-corrected chi connectivity index (χ4v) is 4.89. The second kappa shape index (κ2) is 8.81. The molecule has 0 aliphatic carbocycles. The summed E-state index contributed by atoms with van der Waals surface area (Å²) in [5.41, 5.74) is 1.07. The van der Waals surface area contributed by atoms with E-state index in [9.17, 15) is 18.0 Å². The molecule has 9 heteroatoms. The lowest BCUT2D eigenvalue weighted by molar-refractivity contribution is -0.907. The van der Waals surface area contributed by atoms with Gasteiger partial charge in [-0.05, 0) is 31.5 Å². The Morgan fingerprint density at radius 2 is 2.00 bits per heavy atom. The first-order valence-electron chi connectivity index (χ1n) is 9.23. The average molecular weight is 398 g/mol. The maximum atomic E-state index is 12.8. The van der Waals surface area contributed by atoms with Crippen LogP contribution in [0.5, 0.6) is 0 Å². The highest BCUT2D eigenvalue weighted by Crippen LogP contribution is 2.23. The highest BCUT2D eigenvalue weighted by molar-refractivity contribution is 7.89. The highest BCUT2D eigenvalue weighted by Gasteiger charge is 2.30. The molecule has 0 spiro atoms. The molecule has 2 amide bonds. The topological polar surface area (TPSA) is 100 Å². The molecule has 1 aromatic rings. The van der Waals surface area contributed by atoms with Gasteiger partial charge in [0.2, 0.25) is 10.0 Å². The van der Waals surface area contributed by atoms with Gasteiger partial charge in [-0.15, -0.1) is 0 Å².